The highest BCUT2D eigenvalue weighted by Crippen LogP contribution is 2.65. The predicted molar refractivity (Wildman–Crippen MR) is 310 cm³/mol. The molecule has 9 heteroatoms. The molecular formula is C65H103ClN4O4. The number of rotatable bonds is 22. The van der Waals surface area contributed by atoms with E-state index in [1.807, 2.05) is 24.3 Å². The van der Waals surface area contributed by atoms with Gasteiger partial charge in [0, 0.05) is 69.1 Å². The second-order valence-corrected chi connectivity index (χ2v) is 27.2. The molecule has 0 amide bonds. The molecule has 4 aliphatic rings. The lowest BCUT2D eigenvalue weighted by Crippen LogP contribution is -2.53. The predicted octanol–water partition coefficient (Wildman–Crippen LogP) is 13.3. The Morgan fingerprint density at radius 2 is 1.04 bits per heavy atom. The zero-order valence-electron chi connectivity index (χ0n) is 50.1. The number of aliphatic hydroxyl groups excluding tert-OH is 1. The van der Waals surface area contributed by atoms with Crippen LogP contribution in [0.4, 0.5) is 0 Å². The molecule has 0 aromatic heterocycles. The number of likely N-dealkylation sites (N-methyl/N-ethyl adjacent to an activating group) is 2. The maximum atomic E-state index is 14.5. The van der Waals surface area contributed by atoms with Gasteiger partial charge in [-0.2, -0.15) is 0 Å². The molecule has 7 atom stereocenters. The van der Waals surface area contributed by atoms with Gasteiger partial charge in [0.1, 0.15) is 0 Å². The fraction of sp³-hybridized carbons (Fsp3) is 0.708. The third kappa shape index (κ3) is 13.3. The summed E-state index contributed by atoms with van der Waals surface area (Å²) < 4.78 is 0. The minimum absolute atomic E-state index is 0.0754. The molecule has 0 saturated heterocycles. The lowest BCUT2D eigenvalue weighted by Gasteiger charge is -2.56. The molecule has 0 unspecified atom stereocenters. The standard InChI is InChI=1S/C33H54N2O2.C32H49ClN2O2/c1-22(2)29-27(36)19-33(16-15-32(8,24(5)6)30(23(3)4)31(29)33)28(37)21-35(18-17-34(9)10)20-26-13-11-25(7)12-14-26;1-21(2)28-26(36)18-32(15-14-31(7,23(5)6)29(22(3)4)30(28)32)27(37)20-35(17-16-34(8)9)19-24-10-12-25(33)13-11-24/h11-14,22-24,28,30,37H,15-21H2,1-10H3;10-13,21-23,29H,14-20H2,1-9H3/t28-,30+,32-,33-;29-,31+,32+/m01/s1. The summed E-state index contributed by atoms with van der Waals surface area (Å²) in [4.78, 5) is 50.8. The number of halogens is 1. The van der Waals surface area contributed by atoms with Gasteiger partial charge in [-0.25, -0.2) is 0 Å². The number of ketones is 3. The molecule has 2 saturated carbocycles. The van der Waals surface area contributed by atoms with Crippen molar-refractivity contribution in [2.45, 2.75) is 162 Å². The highest BCUT2D eigenvalue weighted by molar-refractivity contribution is 6.30. The van der Waals surface area contributed by atoms with Gasteiger partial charge in [-0.05, 0) is 159 Å². The number of fused-ring (bicyclic) bond motifs is 2. The zero-order chi connectivity index (χ0) is 55.4. The minimum Gasteiger partial charge on any atom is -0.391 e. The van der Waals surface area contributed by atoms with E-state index in [9.17, 15) is 19.5 Å². The van der Waals surface area contributed by atoms with E-state index in [2.05, 4.69) is 176 Å². The number of aliphatic hydroxyl groups is 1. The van der Waals surface area contributed by atoms with Crippen LogP contribution < -0.4 is 0 Å². The number of Topliss-reactive ketones (excluding diaryl/α,β-unsaturated/α-hetero) is 3. The van der Waals surface area contributed by atoms with Gasteiger partial charge in [-0.1, -0.05) is 156 Å². The van der Waals surface area contributed by atoms with Crippen LogP contribution in [-0.2, 0) is 27.5 Å². The smallest absolute Gasteiger partial charge is 0.160 e. The van der Waals surface area contributed by atoms with Gasteiger partial charge >= 0.3 is 0 Å². The Bertz CT molecular complexity index is 2290. The van der Waals surface area contributed by atoms with Crippen LogP contribution in [0.15, 0.2) is 70.8 Å². The quantitative estimate of drug-likeness (QED) is 0.125. The lowest BCUT2D eigenvalue weighted by molar-refractivity contribution is -0.134. The minimum atomic E-state index is -0.656. The van der Waals surface area contributed by atoms with E-state index in [4.69, 9.17) is 11.6 Å². The van der Waals surface area contributed by atoms with Crippen molar-refractivity contribution < 1.29 is 19.5 Å². The summed E-state index contributed by atoms with van der Waals surface area (Å²) in [5, 5.41) is 12.9. The summed E-state index contributed by atoms with van der Waals surface area (Å²) >= 11 is 6.12. The number of benzene rings is 2. The fourth-order valence-electron chi connectivity index (χ4n) is 14.4. The molecular weight excluding hydrogens is 936 g/mol. The molecule has 4 aliphatic carbocycles. The van der Waals surface area contributed by atoms with E-state index in [1.54, 1.807) is 0 Å². The Labute approximate surface area is 456 Å². The van der Waals surface area contributed by atoms with Crippen molar-refractivity contribution in [3.05, 3.63) is 92.5 Å². The first-order chi connectivity index (χ1) is 34.4. The number of hydrogen-bond acceptors (Lipinski definition) is 8. The molecule has 414 valence electrons. The van der Waals surface area contributed by atoms with Crippen LogP contribution in [-0.4, -0.2) is 116 Å². The van der Waals surface area contributed by atoms with Gasteiger partial charge in [-0.3, -0.25) is 24.2 Å². The van der Waals surface area contributed by atoms with Crippen LogP contribution >= 0.6 is 11.6 Å². The van der Waals surface area contributed by atoms with Crippen molar-refractivity contribution >= 4 is 29.0 Å². The molecule has 8 nitrogen and oxygen atoms in total. The summed E-state index contributed by atoms with van der Waals surface area (Å²) in [5.74, 6) is 3.37. The van der Waals surface area contributed by atoms with Crippen molar-refractivity contribution in [3.63, 3.8) is 0 Å². The van der Waals surface area contributed by atoms with Crippen molar-refractivity contribution in [2.24, 2.45) is 69.0 Å². The molecule has 0 spiro atoms. The maximum absolute atomic E-state index is 14.5. The van der Waals surface area contributed by atoms with Gasteiger partial charge < -0.3 is 14.9 Å². The van der Waals surface area contributed by atoms with E-state index < -0.39 is 16.9 Å². The first kappa shape index (κ1) is 61.9. The van der Waals surface area contributed by atoms with E-state index in [0.717, 1.165) is 75.1 Å². The summed E-state index contributed by atoms with van der Waals surface area (Å²) in [7, 11) is 8.33. The molecule has 0 aliphatic heterocycles. The number of carbonyl (C=O) groups excluding carboxylic acids is 3. The molecule has 2 fully saturated rings. The number of carbonyl (C=O) groups is 3. The van der Waals surface area contributed by atoms with Crippen molar-refractivity contribution in [3.8, 4) is 0 Å². The van der Waals surface area contributed by atoms with Crippen molar-refractivity contribution in [1.29, 1.82) is 0 Å². The highest BCUT2D eigenvalue weighted by atomic mass is 35.5. The molecule has 2 aromatic carbocycles. The van der Waals surface area contributed by atoms with Crippen LogP contribution in [0.1, 0.15) is 152 Å². The molecule has 0 radical (unpaired) electrons. The Morgan fingerprint density at radius 3 is 1.51 bits per heavy atom. The average Bonchev–Trinajstić information content (AvgIpc) is 3.79. The topological polar surface area (TPSA) is 84.4 Å². The second kappa shape index (κ2) is 25.2. The monoisotopic (exact) mass is 1040 g/mol. The van der Waals surface area contributed by atoms with Crippen LogP contribution in [0.3, 0.4) is 0 Å². The third-order valence-electron chi connectivity index (χ3n) is 19.1. The van der Waals surface area contributed by atoms with Gasteiger partial charge in [0.2, 0.25) is 0 Å². The SMILES string of the molecule is CC(C)C1=C2[C@@H](C(C)C)[C@](C)(C(C)C)CC[C@@]2(C(=O)CN(CCN(C)C)Cc2ccc(Cl)cc2)CC1=O.Cc1ccc(CN(CCN(C)C)C[C@H](O)[C@@]23CC[C@@](C)(C(C)C)[C@H](C(C)C)C2=C(C(C)C)C(=O)C3)cc1. The Hall–Kier alpha value is -2.98. The molecule has 6 rings (SSSR count). The number of nitrogens with zero attached hydrogens (tertiary/aromatic N) is 4. The molecule has 74 heavy (non-hydrogen) atoms. The van der Waals surface area contributed by atoms with Crippen LogP contribution in [0.25, 0.3) is 0 Å². The fourth-order valence-corrected chi connectivity index (χ4v) is 14.5. The molecule has 1 N–H and O–H groups in total. The lowest BCUT2D eigenvalue weighted by atomic mass is 9.49. The van der Waals surface area contributed by atoms with Gasteiger partial charge in [0.25, 0.3) is 0 Å². The maximum Gasteiger partial charge on any atom is 0.160 e. The van der Waals surface area contributed by atoms with Crippen LogP contribution in [0.5, 0.6) is 0 Å². The number of allylic oxidation sites excluding steroid dienone is 3. The second-order valence-electron chi connectivity index (χ2n) is 26.8. The van der Waals surface area contributed by atoms with Gasteiger partial charge in [0.05, 0.1) is 18.1 Å². The van der Waals surface area contributed by atoms with E-state index >= 15 is 0 Å². The molecule has 2 aromatic rings. The van der Waals surface area contributed by atoms with Gasteiger partial charge in [-0.15, -0.1) is 0 Å². The largest absolute Gasteiger partial charge is 0.391 e. The summed E-state index contributed by atoms with van der Waals surface area (Å²) in [6.07, 6.45) is 3.99. The first-order valence-electron chi connectivity index (χ1n) is 28.8. The highest BCUT2D eigenvalue weighted by Gasteiger charge is 2.62. The van der Waals surface area contributed by atoms with E-state index in [1.165, 1.54) is 22.3 Å². The van der Waals surface area contributed by atoms with Crippen LogP contribution in [0.2, 0.25) is 5.02 Å². The number of hydrogen-bond donors (Lipinski definition) is 1. The van der Waals surface area contributed by atoms with E-state index in [-0.39, 0.29) is 45.9 Å². The summed E-state index contributed by atoms with van der Waals surface area (Å²) in [6.45, 7) is 40.0. The average molecular weight is 1040 g/mol. The summed E-state index contributed by atoms with van der Waals surface area (Å²) in [5.41, 5.74) is 7.29. The molecule has 0 heterocycles. The summed E-state index contributed by atoms with van der Waals surface area (Å²) in [6, 6.07) is 16.6. The Balaban J connectivity index is 0.000000274. The molecule has 0 bridgehead atoms. The van der Waals surface area contributed by atoms with E-state index in [0.29, 0.717) is 67.1 Å². The third-order valence-corrected chi connectivity index (χ3v) is 19.3. The normalized spacial score (nSPS) is 26.9. The zero-order valence-corrected chi connectivity index (χ0v) is 50.8. The number of aryl methyl sites for hydroxylation is 1. The van der Waals surface area contributed by atoms with Crippen molar-refractivity contribution in [2.75, 3.05) is 67.5 Å². The Morgan fingerprint density at radius 1 is 0.608 bits per heavy atom. The van der Waals surface area contributed by atoms with Crippen molar-refractivity contribution in [1.82, 2.24) is 19.6 Å². The van der Waals surface area contributed by atoms with Gasteiger partial charge in [0.15, 0.2) is 17.3 Å². The van der Waals surface area contributed by atoms with Crippen LogP contribution in [0, 0.1) is 75.9 Å². The Kier molecular flexibility index (Phi) is 21.1. The first-order valence-corrected chi connectivity index (χ1v) is 29.1.